The van der Waals surface area contributed by atoms with Gasteiger partial charge in [-0.3, -0.25) is 4.79 Å². The minimum Gasteiger partial charge on any atom is -0.486 e. The number of fused-ring (bicyclic) bond motifs is 1. The van der Waals surface area contributed by atoms with Crippen molar-refractivity contribution < 1.29 is 14.3 Å². The monoisotopic (exact) mass is 387 g/mol. The summed E-state index contributed by atoms with van der Waals surface area (Å²) in [6.07, 6.45) is 8.38. The summed E-state index contributed by atoms with van der Waals surface area (Å²) >= 11 is 1.95. The molecular weight excluding hydrogens is 358 g/mol. The first-order valence-corrected chi connectivity index (χ1v) is 11.4. The molecule has 1 amide bonds. The molecule has 1 aromatic carbocycles. The average Bonchev–Trinajstić information content (AvgIpc) is 2.65. The quantitative estimate of drug-likeness (QED) is 0.817. The van der Waals surface area contributed by atoms with Gasteiger partial charge in [0.2, 0.25) is 5.91 Å². The van der Waals surface area contributed by atoms with Crippen LogP contribution in [0.2, 0.25) is 0 Å². The first-order valence-electron chi connectivity index (χ1n) is 10.4. The molecule has 4 saturated carbocycles. The van der Waals surface area contributed by atoms with Crippen LogP contribution in [0.5, 0.6) is 11.5 Å². The second kappa shape index (κ2) is 6.91. The van der Waals surface area contributed by atoms with Crippen molar-refractivity contribution in [3.05, 3.63) is 23.8 Å². The van der Waals surface area contributed by atoms with Gasteiger partial charge in [-0.15, -0.1) is 11.8 Å². The molecule has 0 unspecified atom stereocenters. The van der Waals surface area contributed by atoms with E-state index in [1.54, 1.807) is 0 Å². The molecule has 1 N–H and O–H groups in total. The third-order valence-electron chi connectivity index (χ3n) is 6.94. The van der Waals surface area contributed by atoms with E-state index in [0.717, 1.165) is 34.8 Å². The van der Waals surface area contributed by atoms with E-state index in [2.05, 4.69) is 5.32 Å². The zero-order chi connectivity index (χ0) is 18.4. The minimum absolute atomic E-state index is 0.0229. The largest absolute Gasteiger partial charge is 0.486 e. The number of amides is 1. The van der Waals surface area contributed by atoms with Crippen molar-refractivity contribution in [1.29, 1.82) is 0 Å². The molecule has 4 aliphatic carbocycles. The van der Waals surface area contributed by atoms with Gasteiger partial charge < -0.3 is 14.8 Å². The number of hydrogen-bond acceptors (Lipinski definition) is 4. The van der Waals surface area contributed by atoms with Crippen molar-refractivity contribution in [2.24, 2.45) is 17.8 Å². The molecule has 6 rings (SSSR count). The predicted octanol–water partition coefficient (Wildman–Crippen LogP) is 4.34. The van der Waals surface area contributed by atoms with Gasteiger partial charge in [0.05, 0.1) is 11.8 Å². The highest BCUT2D eigenvalue weighted by Crippen LogP contribution is 2.60. The Morgan fingerprint density at radius 2 is 1.74 bits per heavy atom. The van der Waals surface area contributed by atoms with E-state index in [9.17, 15) is 4.79 Å². The summed E-state index contributed by atoms with van der Waals surface area (Å²) in [6.45, 7) is 3.22. The van der Waals surface area contributed by atoms with Gasteiger partial charge in [0, 0.05) is 4.75 Å². The van der Waals surface area contributed by atoms with Crippen molar-refractivity contribution in [1.82, 2.24) is 5.32 Å². The lowest BCUT2D eigenvalue weighted by molar-refractivity contribution is -0.119. The van der Waals surface area contributed by atoms with Gasteiger partial charge in [0.15, 0.2) is 11.5 Å². The molecular formula is C22H29NO3S. The fourth-order valence-corrected chi connectivity index (χ4v) is 7.70. The van der Waals surface area contributed by atoms with E-state index >= 15 is 0 Å². The summed E-state index contributed by atoms with van der Waals surface area (Å²) in [7, 11) is 0. The van der Waals surface area contributed by atoms with E-state index in [4.69, 9.17) is 9.47 Å². The van der Waals surface area contributed by atoms with Crippen LogP contribution < -0.4 is 14.8 Å². The van der Waals surface area contributed by atoms with Crippen molar-refractivity contribution in [2.45, 2.75) is 56.2 Å². The Balaban J connectivity index is 1.17. The lowest BCUT2D eigenvalue weighted by Crippen LogP contribution is -2.49. The number of hydrogen-bond donors (Lipinski definition) is 1. The zero-order valence-corrected chi connectivity index (χ0v) is 16.9. The van der Waals surface area contributed by atoms with Crippen LogP contribution in [0.25, 0.3) is 0 Å². The van der Waals surface area contributed by atoms with Crippen molar-refractivity contribution >= 4 is 17.7 Å². The maximum Gasteiger partial charge on any atom is 0.230 e. The van der Waals surface area contributed by atoms with Crippen LogP contribution in [0.1, 0.15) is 57.1 Å². The van der Waals surface area contributed by atoms with Gasteiger partial charge >= 0.3 is 0 Å². The van der Waals surface area contributed by atoms with Crippen LogP contribution >= 0.6 is 11.8 Å². The number of nitrogens with one attached hydrogen (secondary N) is 1. The maximum atomic E-state index is 12.6. The Hall–Kier alpha value is -1.36. The summed E-state index contributed by atoms with van der Waals surface area (Å²) in [4.78, 5) is 12.6. The third kappa shape index (κ3) is 3.55. The van der Waals surface area contributed by atoms with E-state index in [1.807, 2.05) is 36.9 Å². The Labute approximate surface area is 165 Å². The minimum atomic E-state index is -0.0229. The predicted molar refractivity (Wildman–Crippen MR) is 107 cm³/mol. The molecule has 146 valence electrons. The Kier molecular flexibility index (Phi) is 4.53. The lowest BCUT2D eigenvalue weighted by Gasteiger charge is -2.56. The first kappa shape index (κ1) is 17.7. The summed E-state index contributed by atoms with van der Waals surface area (Å²) < 4.78 is 11.6. The molecule has 1 aromatic rings. The topological polar surface area (TPSA) is 47.6 Å². The normalized spacial score (nSPS) is 34.3. The Morgan fingerprint density at radius 3 is 2.41 bits per heavy atom. The average molecular weight is 388 g/mol. The van der Waals surface area contributed by atoms with Crippen LogP contribution in [-0.2, 0) is 4.79 Å². The van der Waals surface area contributed by atoms with Crippen LogP contribution in [0.15, 0.2) is 18.2 Å². The molecule has 1 atom stereocenters. The number of thioether (sulfide) groups is 1. The van der Waals surface area contributed by atoms with Crippen LogP contribution in [0.3, 0.4) is 0 Å². The summed E-state index contributed by atoms with van der Waals surface area (Å²) in [5.74, 6) is 5.11. The number of ether oxygens (including phenoxy) is 2. The molecule has 27 heavy (non-hydrogen) atoms. The molecule has 1 heterocycles. The summed E-state index contributed by atoms with van der Waals surface area (Å²) in [6, 6.07) is 5.93. The van der Waals surface area contributed by atoms with Crippen LogP contribution in [0, 0.1) is 17.8 Å². The van der Waals surface area contributed by atoms with Gasteiger partial charge in [-0.1, -0.05) is 6.07 Å². The summed E-state index contributed by atoms with van der Waals surface area (Å²) in [5.41, 5.74) is 1.06. The highest BCUT2D eigenvalue weighted by atomic mass is 32.2. The first-order chi connectivity index (χ1) is 13.1. The van der Waals surface area contributed by atoms with E-state index in [-0.39, 0.29) is 11.9 Å². The molecule has 4 nitrogen and oxygen atoms in total. The Morgan fingerprint density at radius 1 is 1.11 bits per heavy atom. The number of rotatable bonds is 5. The van der Waals surface area contributed by atoms with Gasteiger partial charge in [0.25, 0.3) is 0 Å². The van der Waals surface area contributed by atoms with Gasteiger partial charge in [-0.25, -0.2) is 0 Å². The molecule has 0 radical (unpaired) electrons. The molecule has 4 fully saturated rings. The van der Waals surface area contributed by atoms with Gasteiger partial charge in [-0.2, -0.15) is 0 Å². The van der Waals surface area contributed by atoms with Gasteiger partial charge in [0.1, 0.15) is 13.2 Å². The van der Waals surface area contributed by atoms with E-state index in [1.165, 1.54) is 38.5 Å². The lowest BCUT2D eigenvalue weighted by atomic mass is 9.56. The van der Waals surface area contributed by atoms with Crippen molar-refractivity contribution in [3.63, 3.8) is 0 Å². The molecule has 4 bridgehead atoms. The Bertz CT molecular complexity index is 699. The second-order valence-electron chi connectivity index (χ2n) is 9.08. The van der Waals surface area contributed by atoms with Crippen molar-refractivity contribution in [3.8, 4) is 11.5 Å². The van der Waals surface area contributed by atoms with Crippen molar-refractivity contribution in [2.75, 3.05) is 19.0 Å². The highest BCUT2D eigenvalue weighted by molar-refractivity contribution is 8.01. The van der Waals surface area contributed by atoms with E-state index < -0.39 is 0 Å². The molecule has 5 aliphatic rings. The molecule has 0 saturated heterocycles. The molecule has 5 heteroatoms. The maximum absolute atomic E-state index is 12.6. The SMILES string of the molecule is C[C@H](NC(=O)CSC12CC3CC(CC(C3)C1)C2)c1ccc2c(c1)OCCO2. The second-order valence-corrected chi connectivity index (χ2v) is 10.5. The van der Waals surface area contributed by atoms with E-state index in [0.29, 0.717) is 23.7 Å². The van der Waals surface area contributed by atoms with Crippen LogP contribution in [0.4, 0.5) is 0 Å². The molecule has 0 aromatic heterocycles. The smallest absolute Gasteiger partial charge is 0.230 e. The fraction of sp³-hybridized carbons (Fsp3) is 0.682. The standard InChI is InChI=1S/C22H29NO3S/c1-14(18-2-3-19-20(9-18)26-5-4-25-19)23-21(24)13-27-22-10-15-6-16(11-22)8-17(7-15)12-22/h2-3,9,14-17H,4-8,10-13H2,1H3,(H,23,24)/t14-,15?,16?,17?,22?/m0/s1. The highest BCUT2D eigenvalue weighted by Gasteiger charge is 2.51. The third-order valence-corrected chi connectivity index (χ3v) is 8.45. The molecule has 0 spiro atoms. The zero-order valence-electron chi connectivity index (χ0n) is 16.0. The van der Waals surface area contributed by atoms with Crippen LogP contribution in [-0.4, -0.2) is 29.6 Å². The summed E-state index contributed by atoms with van der Waals surface area (Å²) in [5, 5.41) is 3.18. The van der Waals surface area contributed by atoms with Gasteiger partial charge in [-0.05, 0) is 80.9 Å². The number of carbonyl (C=O) groups excluding carboxylic acids is 1. The number of benzene rings is 1. The molecule has 1 aliphatic heterocycles. The number of carbonyl (C=O) groups is 1. The fourth-order valence-electron chi connectivity index (χ4n) is 6.12.